The summed E-state index contributed by atoms with van der Waals surface area (Å²) in [5, 5.41) is 2.87. The maximum absolute atomic E-state index is 13.3. The quantitative estimate of drug-likeness (QED) is 0.587. The molecule has 2 rings (SSSR count). The van der Waals surface area contributed by atoms with Gasteiger partial charge in [0, 0.05) is 12.6 Å². The average molecular weight is 464 g/mol. The van der Waals surface area contributed by atoms with Crippen LogP contribution in [0.2, 0.25) is 0 Å². The minimum absolute atomic E-state index is 0.0645. The highest BCUT2D eigenvalue weighted by Crippen LogP contribution is 2.19. The number of benzene rings is 2. The Labute approximate surface area is 189 Å². The zero-order chi connectivity index (χ0) is 23.9. The molecule has 174 valence electrons. The molecule has 0 heterocycles. The normalized spacial score (nSPS) is 13.2. The first-order valence-electron chi connectivity index (χ1n) is 10.4. The summed E-state index contributed by atoms with van der Waals surface area (Å²) < 4.78 is 39.0. The second kappa shape index (κ2) is 11.1. The summed E-state index contributed by atoms with van der Waals surface area (Å²) in [5.74, 6) is -1.39. The van der Waals surface area contributed by atoms with Gasteiger partial charge in [0.05, 0.1) is 11.9 Å². The maximum atomic E-state index is 13.3. The predicted octanol–water partition coefficient (Wildman–Crippen LogP) is 2.92. The van der Waals surface area contributed by atoms with Crippen molar-refractivity contribution in [3.05, 3.63) is 66.0 Å². The van der Waals surface area contributed by atoms with Crippen LogP contribution in [0.1, 0.15) is 32.8 Å². The van der Waals surface area contributed by atoms with Crippen molar-refractivity contribution in [3.63, 3.8) is 0 Å². The van der Waals surface area contributed by atoms with E-state index >= 15 is 0 Å². The van der Waals surface area contributed by atoms with Crippen molar-refractivity contribution >= 4 is 27.5 Å². The smallest absolute Gasteiger partial charge is 0.244 e. The van der Waals surface area contributed by atoms with Crippen LogP contribution in [-0.2, 0) is 26.2 Å². The van der Waals surface area contributed by atoms with Gasteiger partial charge in [0.1, 0.15) is 18.4 Å². The highest BCUT2D eigenvalue weighted by Gasteiger charge is 2.30. The third kappa shape index (κ3) is 7.05. The van der Waals surface area contributed by atoms with E-state index in [1.54, 1.807) is 6.92 Å². The van der Waals surface area contributed by atoms with Crippen molar-refractivity contribution in [2.45, 2.75) is 45.8 Å². The van der Waals surface area contributed by atoms with E-state index in [0.29, 0.717) is 0 Å². The zero-order valence-corrected chi connectivity index (χ0v) is 19.6. The number of carbonyl (C=O) groups is 2. The number of sulfonamides is 1. The van der Waals surface area contributed by atoms with Crippen LogP contribution in [0.15, 0.2) is 54.6 Å². The van der Waals surface area contributed by atoms with E-state index in [1.807, 2.05) is 44.2 Å². The van der Waals surface area contributed by atoms with Crippen molar-refractivity contribution in [1.82, 2.24) is 10.2 Å². The minimum Gasteiger partial charge on any atom is -0.352 e. The fraction of sp³-hybridized carbons (Fsp3) is 0.391. The summed E-state index contributed by atoms with van der Waals surface area (Å²) in [7, 11) is -3.84. The van der Waals surface area contributed by atoms with Gasteiger partial charge in [0.2, 0.25) is 21.8 Å². The summed E-state index contributed by atoms with van der Waals surface area (Å²) in [6.07, 6.45) is 1.71. The molecule has 32 heavy (non-hydrogen) atoms. The second-order valence-electron chi connectivity index (χ2n) is 7.75. The molecule has 2 aromatic rings. The minimum atomic E-state index is -3.84. The van der Waals surface area contributed by atoms with Crippen LogP contribution in [0.25, 0.3) is 0 Å². The lowest BCUT2D eigenvalue weighted by atomic mass is 10.1. The van der Waals surface area contributed by atoms with Gasteiger partial charge in [-0.15, -0.1) is 0 Å². The molecule has 0 aromatic heterocycles. The van der Waals surface area contributed by atoms with Gasteiger partial charge in [-0.05, 0) is 50.1 Å². The van der Waals surface area contributed by atoms with Crippen LogP contribution in [0.4, 0.5) is 10.1 Å². The van der Waals surface area contributed by atoms with Crippen LogP contribution in [0.5, 0.6) is 0 Å². The van der Waals surface area contributed by atoms with Crippen LogP contribution >= 0.6 is 0 Å². The highest BCUT2D eigenvalue weighted by molar-refractivity contribution is 7.92. The monoisotopic (exact) mass is 463 g/mol. The van der Waals surface area contributed by atoms with Gasteiger partial charge in [-0.3, -0.25) is 13.9 Å². The van der Waals surface area contributed by atoms with Crippen molar-refractivity contribution in [3.8, 4) is 0 Å². The fourth-order valence-electron chi connectivity index (χ4n) is 3.05. The first-order valence-corrected chi connectivity index (χ1v) is 12.2. The molecule has 0 fully saturated rings. The Hall–Kier alpha value is -2.94. The van der Waals surface area contributed by atoms with E-state index in [-0.39, 0.29) is 24.2 Å². The number of nitrogens with zero attached hydrogens (tertiary/aromatic N) is 2. The topological polar surface area (TPSA) is 86.8 Å². The number of halogens is 1. The third-order valence-corrected chi connectivity index (χ3v) is 6.30. The van der Waals surface area contributed by atoms with Gasteiger partial charge in [-0.25, -0.2) is 12.8 Å². The number of anilines is 1. The van der Waals surface area contributed by atoms with Crippen molar-refractivity contribution in [1.29, 1.82) is 0 Å². The Bertz CT molecular complexity index is 1010. The molecule has 0 spiro atoms. The van der Waals surface area contributed by atoms with Crippen LogP contribution < -0.4 is 9.62 Å². The van der Waals surface area contributed by atoms with Crippen LogP contribution in [0.3, 0.4) is 0 Å². The highest BCUT2D eigenvalue weighted by atomic mass is 32.2. The van der Waals surface area contributed by atoms with Gasteiger partial charge >= 0.3 is 0 Å². The van der Waals surface area contributed by atoms with E-state index < -0.39 is 34.3 Å². The van der Waals surface area contributed by atoms with E-state index in [2.05, 4.69) is 5.32 Å². The van der Waals surface area contributed by atoms with Crippen LogP contribution in [-0.4, -0.2) is 50.0 Å². The van der Waals surface area contributed by atoms with Gasteiger partial charge < -0.3 is 10.2 Å². The summed E-state index contributed by atoms with van der Waals surface area (Å²) in [5.41, 5.74) is 0.968. The van der Waals surface area contributed by atoms with E-state index in [9.17, 15) is 22.4 Å². The summed E-state index contributed by atoms with van der Waals surface area (Å²) in [6.45, 7) is 5.04. The Kier molecular flexibility index (Phi) is 8.77. The van der Waals surface area contributed by atoms with Gasteiger partial charge in [-0.2, -0.15) is 0 Å². The average Bonchev–Trinajstić information content (AvgIpc) is 2.75. The molecular formula is C23H30FN3O4S. The molecule has 9 heteroatoms. The largest absolute Gasteiger partial charge is 0.352 e. The van der Waals surface area contributed by atoms with E-state index in [1.165, 1.54) is 17.0 Å². The number of carbonyl (C=O) groups excluding carboxylic acids is 2. The number of hydrogen-bond acceptors (Lipinski definition) is 4. The Balaban J connectivity index is 2.34. The molecule has 0 unspecified atom stereocenters. The Morgan fingerprint density at radius 3 is 2.16 bits per heavy atom. The molecule has 1 N–H and O–H groups in total. The second-order valence-corrected chi connectivity index (χ2v) is 9.65. The van der Waals surface area contributed by atoms with Crippen molar-refractivity contribution in [2.75, 3.05) is 17.1 Å². The molecular weight excluding hydrogens is 433 g/mol. The van der Waals surface area contributed by atoms with Crippen molar-refractivity contribution in [2.24, 2.45) is 0 Å². The SMILES string of the molecule is CC[C@@H](C)NC(=O)[C@H](C)N(Cc1ccccc1)C(=O)CN(c1ccc(F)cc1)S(C)(=O)=O. The molecule has 2 amide bonds. The molecule has 0 aliphatic carbocycles. The predicted molar refractivity (Wildman–Crippen MR) is 123 cm³/mol. The number of hydrogen-bond donors (Lipinski definition) is 1. The lowest BCUT2D eigenvalue weighted by Crippen LogP contribution is -2.52. The molecule has 0 aliphatic heterocycles. The summed E-state index contributed by atoms with van der Waals surface area (Å²) >= 11 is 0. The first kappa shape index (κ1) is 25.3. The standard InChI is InChI=1S/C23H30FN3O4S/c1-5-17(2)25-23(29)18(3)26(15-19-9-7-6-8-10-19)22(28)16-27(32(4,30)31)21-13-11-20(24)12-14-21/h6-14,17-18H,5,15-16H2,1-4H3,(H,25,29)/t17-,18+/m1/s1. The molecule has 2 atom stereocenters. The number of amides is 2. The van der Waals surface area contributed by atoms with Gasteiger partial charge in [0.15, 0.2) is 0 Å². The fourth-order valence-corrected chi connectivity index (χ4v) is 3.90. The summed E-state index contributed by atoms with van der Waals surface area (Å²) in [6, 6.07) is 13.1. The van der Waals surface area contributed by atoms with E-state index in [4.69, 9.17) is 0 Å². The molecule has 7 nitrogen and oxygen atoms in total. The Morgan fingerprint density at radius 1 is 1.03 bits per heavy atom. The number of rotatable bonds is 10. The molecule has 0 radical (unpaired) electrons. The third-order valence-electron chi connectivity index (χ3n) is 5.16. The molecule has 0 aliphatic rings. The zero-order valence-electron chi connectivity index (χ0n) is 18.8. The van der Waals surface area contributed by atoms with Gasteiger partial charge in [0.25, 0.3) is 0 Å². The molecule has 0 saturated carbocycles. The summed E-state index contributed by atoms with van der Waals surface area (Å²) in [4.78, 5) is 27.4. The van der Waals surface area contributed by atoms with Crippen LogP contribution in [0, 0.1) is 5.82 Å². The first-order chi connectivity index (χ1) is 15.0. The maximum Gasteiger partial charge on any atom is 0.244 e. The number of nitrogens with one attached hydrogen (secondary N) is 1. The van der Waals surface area contributed by atoms with Gasteiger partial charge in [-0.1, -0.05) is 37.3 Å². The lowest BCUT2D eigenvalue weighted by Gasteiger charge is -2.32. The molecule has 0 bridgehead atoms. The lowest BCUT2D eigenvalue weighted by molar-refractivity contribution is -0.139. The van der Waals surface area contributed by atoms with E-state index in [0.717, 1.165) is 34.7 Å². The molecule has 0 saturated heterocycles. The Morgan fingerprint density at radius 2 is 1.62 bits per heavy atom. The molecule has 2 aromatic carbocycles. The van der Waals surface area contributed by atoms with Crippen molar-refractivity contribution < 1.29 is 22.4 Å².